The SMILES string of the molecule is C=C/C=C(\C=C)Oc1ccc(-c2nn(C3CCCN(C(=O)C=C)C3)c3ncnc(N)c23)cc1. The molecule has 0 bridgehead atoms. The van der Waals surface area contributed by atoms with E-state index >= 15 is 0 Å². The van der Waals surface area contributed by atoms with Crippen LogP contribution < -0.4 is 10.5 Å². The third-order valence-electron chi connectivity index (χ3n) is 5.59. The molecular weight excluding hydrogens is 416 g/mol. The Morgan fingerprint density at radius 1 is 1.15 bits per heavy atom. The first-order chi connectivity index (χ1) is 16.0. The van der Waals surface area contributed by atoms with Crippen molar-refractivity contribution >= 4 is 22.8 Å². The van der Waals surface area contributed by atoms with Crippen LogP contribution in [-0.2, 0) is 4.79 Å². The molecular formula is C25H26N6O2. The zero-order chi connectivity index (χ0) is 23.4. The number of amides is 1. The number of aromatic nitrogens is 4. The Hall–Kier alpha value is -4.20. The number of allylic oxidation sites excluding steroid dienone is 3. The van der Waals surface area contributed by atoms with Crippen molar-refractivity contribution in [1.82, 2.24) is 24.6 Å². The van der Waals surface area contributed by atoms with Crippen molar-refractivity contribution in [3.63, 3.8) is 0 Å². The predicted octanol–water partition coefficient (Wildman–Crippen LogP) is 4.06. The van der Waals surface area contributed by atoms with Gasteiger partial charge in [-0.2, -0.15) is 5.10 Å². The van der Waals surface area contributed by atoms with Crippen molar-refractivity contribution in [3.8, 4) is 17.0 Å². The normalized spacial score (nSPS) is 16.4. The summed E-state index contributed by atoms with van der Waals surface area (Å²) in [4.78, 5) is 22.6. The molecule has 0 spiro atoms. The molecule has 1 atom stereocenters. The van der Waals surface area contributed by atoms with Crippen LogP contribution >= 0.6 is 0 Å². The van der Waals surface area contributed by atoms with Crippen LogP contribution in [0.3, 0.4) is 0 Å². The molecule has 1 saturated heterocycles. The number of anilines is 1. The fourth-order valence-corrected chi connectivity index (χ4v) is 4.01. The third-order valence-corrected chi connectivity index (χ3v) is 5.59. The summed E-state index contributed by atoms with van der Waals surface area (Å²) < 4.78 is 7.68. The second-order valence-electron chi connectivity index (χ2n) is 7.67. The summed E-state index contributed by atoms with van der Waals surface area (Å²) in [6, 6.07) is 7.51. The number of fused-ring (bicyclic) bond motifs is 1. The lowest BCUT2D eigenvalue weighted by atomic mass is 10.1. The lowest BCUT2D eigenvalue weighted by Crippen LogP contribution is -2.40. The Morgan fingerprint density at radius 2 is 1.94 bits per heavy atom. The first-order valence-electron chi connectivity index (χ1n) is 10.7. The molecule has 1 aliphatic heterocycles. The Morgan fingerprint density at radius 3 is 2.64 bits per heavy atom. The van der Waals surface area contributed by atoms with Gasteiger partial charge in [0.2, 0.25) is 5.91 Å². The van der Waals surface area contributed by atoms with E-state index in [1.165, 1.54) is 12.4 Å². The maximum Gasteiger partial charge on any atom is 0.246 e. The maximum atomic E-state index is 12.2. The van der Waals surface area contributed by atoms with Gasteiger partial charge in [0, 0.05) is 18.7 Å². The molecule has 3 heterocycles. The molecule has 3 aromatic rings. The highest BCUT2D eigenvalue weighted by Gasteiger charge is 2.28. The van der Waals surface area contributed by atoms with E-state index in [0.717, 1.165) is 18.4 Å². The molecule has 2 aromatic heterocycles. The zero-order valence-electron chi connectivity index (χ0n) is 18.4. The quantitative estimate of drug-likeness (QED) is 0.337. The molecule has 1 unspecified atom stereocenters. The summed E-state index contributed by atoms with van der Waals surface area (Å²) in [5.41, 5.74) is 8.44. The highest BCUT2D eigenvalue weighted by Crippen LogP contribution is 2.34. The van der Waals surface area contributed by atoms with Crippen molar-refractivity contribution in [2.75, 3.05) is 18.8 Å². The number of nitrogens with zero attached hydrogens (tertiary/aromatic N) is 5. The van der Waals surface area contributed by atoms with Crippen LogP contribution in [0.25, 0.3) is 22.3 Å². The largest absolute Gasteiger partial charge is 0.457 e. The number of rotatable bonds is 7. The standard InChI is InChI=1S/C25H26N6O2/c1-4-8-19(5-2)33-20-12-10-17(11-13-20)23-22-24(26)27-16-28-25(22)31(29-23)18-9-7-14-30(15-18)21(32)6-3/h4-6,8,10-13,16,18H,1-3,7,9,14-15H2,(H2,26,27,28)/b19-8+. The molecule has 8 heteroatoms. The fraction of sp³-hybridized carbons (Fsp3) is 0.200. The van der Waals surface area contributed by atoms with Crippen molar-refractivity contribution < 1.29 is 9.53 Å². The zero-order valence-corrected chi connectivity index (χ0v) is 18.4. The number of benzene rings is 1. The average Bonchev–Trinajstić information content (AvgIpc) is 3.25. The van der Waals surface area contributed by atoms with Crippen LogP contribution in [0.1, 0.15) is 18.9 Å². The Labute approximate surface area is 192 Å². The molecule has 0 radical (unpaired) electrons. The van der Waals surface area contributed by atoms with Crippen molar-refractivity contribution in [1.29, 1.82) is 0 Å². The van der Waals surface area contributed by atoms with Gasteiger partial charge in [-0.25, -0.2) is 14.6 Å². The highest BCUT2D eigenvalue weighted by molar-refractivity contribution is 5.98. The van der Waals surface area contributed by atoms with E-state index in [1.54, 1.807) is 23.1 Å². The maximum absolute atomic E-state index is 12.2. The first-order valence-corrected chi connectivity index (χ1v) is 10.7. The number of nitrogen functional groups attached to an aromatic ring is 1. The molecule has 1 aromatic carbocycles. The highest BCUT2D eigenvalue weighted by atomic mass is 16.5. The number of hydrogen-bond donors (Lipinski definition) is 1. The number of hydrogen-bond acceptors (Lipinski definition) is 6. The molecule has 2 N–H and O–H groups in total. The smallest absolute Gasteiger partial charge is 0.246 e. The van der Waals surface area contributed by atoms with Crippen LogP contribution in [0.2, 0.25) is 0 Å². The Kier molecular flexibility index (Phi) is 6.35. The van der Waals surface area contributed by atoms with E-state index in [4.69, 9.17) is 15.6 Å². The fourth-order valence-electron chi connectivity index (χ4n) is 4.01. The Balaban J connectivity index is 1.71. The van der Waals surface area contributed by atoms with Crippen LogP contribution in [0.4, 0.5) is 5.82 Å². The van der Waals surface area contributed by atoms with E-state index in [9.17, 15) is 4.79 Å². The summed E-state index contributed by atoms with van der Waals surface area (Å²) in [6.45, 7) is 12.3. The first kappa shape index (κ1) is 22.0. The summed E-state index contributed by atoms with van der Waals surface area (Å²) in [6.07, 6.45) is 9.54. The number of carbonyl (C=O) groups excluding carboxylic acids is 1. The lowest BCUT2D eigenvalue weighted by Gasteiger charge is -2.32. The minimum Gasteiger partial charge on any atom is -0.457 e. The van der Waals surface area contributed by atoms with Gasteiger partial charge in [0.15, 0.2) is 5.65 Å². The topological polar surface area (TPSA) is 99.2 Å². The van der Waals surface area contributed by atoms with Crippen LogP contribution in [0, 0.1) is 0 Å². The molecule has 168 valence electrons. The van der Waals surface area contributed by atoms with Crippen LogP contribution in [0.5, 0.6) is 5.75 Å². The predicted molar refractivity (Wildman–Crippen MR) is 129 cm³/mol. The van der Waals surface area contributed by atoms with Crippen LogP contribution in [-0.4, -0.2) is 43.6 Å². The van der Waals surface area contributed by atoms with E-state index < -0.39 is 0 Å². The van der Waals surface area contributed by atoms with Gasteiger partial charge in [0.05, 0.1) is 11.4 Å². The summed E-state index contributed by atoms with van der Waals surface area (Å²) >= 11 is 0. The summed E-state index contributed by atoms with van der Waals surface area (Å²) in [7, 11) is 0. The van der Waals surface area contributed by atoms with E-state index in [-0.39, 0.29) is 11.9 Å². The number of piperidine rings is 1. The van der Waals surface area contributed by atoms with E-state index in [0.29, 0.717) is 47.1 Å². The second-order valence-corrected chi connectivity index (χ2v) is 7.67. The van der Waals surface area contributed by atoms with Crippen molar-refractivity contribution in [2.45, 2.75) is 18.9 Å². The van der Waals surface area contributed by atoms with Gasteiger partial charge < -0.3 is 15.4 Å². The Bertz CT molecular complexity index is 1240. The minimum atomic E-state index is -0.0782. The number of nitrogens with two attached hydrogens (primary N) is 1. The number of likely N-dealkylation sites (tertiary alicyclic amines) is 1. The molecule has 33 heavy (non-hydrogen) atoms. The van der Waals surface area contributed by atoms with Gasteiger partial charge in [-0.1, -0.05) is 25.8 Å². The lowest BCUT2D eigenvalue weighted by molar-refractivity contribution is -0.127. The molecule has 0 aliphatic carbocycles. The molecule has 8 nitrogen and oxygen atoms in total. The molecule has 1 aliphatic rings. The van der Waals surface area contributed by atoms with Crippen molar-refractivity contribution in [2.24, 2.45) is 0 Å². The van der Waals surface area contributed by atoms with Crippen molar-refractivity contribution in [3.05, 3.63) is 80.4 Å². The van der Waals surface area contributed by atoms with Gasteiger partial charge >= 0.3 is 0 Å². The summed E-state index contributed by atoms with van der Waals surface area (Å²) in [5.74, 6) is 1.54. The number of carbonyl (C=O) groups is 1. The van der Waals surface area contributed by atoms with E-state index in [2.05, 4.69) is 29.7 Å². The minimum absolute atomic E-state index is 0.0185. The third kappa shape index (κ3) is 4.41. The number of ether oxygens (including phenoxy) is 1. The molecule has 0 saturated carbocycles. The van der Waals surface area contributed by atoms with Crippen LogP contribution in [0.15, 0.2) is 80.4 Å². The molecule has 1 amide bonds. The monoisotopic (exact) mass is 442 g/mol. The van der Waals surface area contributed by atoms with Gasteiger partial charge in [-0.05, 0) is 55.3 Å². The second kappa shape index (κ2) is 9.52. The van der Waals surface area contributed by atoms with Gasteiger partial charge in [0.1, 0.15) is 29.3 Å². The van der Waals surface area contributed by atoms with Gasteiger partial charge in [-0.15, -0.1) is 0 Å². The van der Waals surface area contributed by atoms with Gasteiger partial charge in [-0.3, -0.25) is 4.79 Å². The van der Waals surface area contributed by atoms with E-state index in [1.807, 2.05) is 28.9 Å². The van der Waals surface area contributed by atoms with Gasteiger partial charge in [0.25, 0.3) is 0 Å². The molecule has 1 fully saturated rings. The summed E-state index contributed by atoms with van der Waals surface area (Å²) in [5, 5.41) is 5.58. The molecule has 4 rings (SSSR count). The average molecular weight is 443 g/mol.